The predicted molar refractivity (Wildman–Crippen MR) is 88.2 cm³/mol. The molecule has 2 aromatic rings. The maximum absolute atomic E-state index is 4.39. The van der Waals surface area contributed by atoms with E-state index in [2.05, 4.69) is 50.1 Å². The fourth-order valence-corrected chi connectivity index (χ4v) is 3.11. The normalized spacial score (nSPS) is 15.7. The van der Waals surface area contributed by atoms with E-state index in [4.69, 9.17) is 0 Å². The van der Waals surface area contributed by atoms with Crippen LogP contribution >= 0.6 is 15.9 Å². The Hall–Kier alpha value is -0.930. The highest BCUT2D eigenvalue weighted by atomic mass is 79.9. The molecular weight excluding hydrogens is 312 g/mol. The van der Waals surface area contributed by atoms with Gasteiger partial charge < -0.3 is 0 Å². The summed E-state index contributed by atoms with van der Waals surface area (Å²) >= 11 is 3.55. The van der Waals surface area contributed by atoms with Crippen LogP contribution in [0.3, 0.4) is 0 Å². The quantitative estimate of drug-likeness (QED) is 0.730. The minimum absolute atomic E-state index is 0.804. The van der Waals surface area contributed by atoms with Gasteiger partial charge in [0.1, 0.15) is 0 Å². The number of rotatable bonds is 6. The number of benzene rings is 1. The first-order valence-electron chi connectivity index (χ1n) is 7.50. The summed E-state index contributed by atoms with van der Waals surface area (Å²) in [7, 11) is 0. The molecule has 3 heteroatoms. The Kier molecular flexibility index (Phi) is 4.69. The number of halogens is 1. The topological polar surface area (TPSA) is 16.1 Å². The van der Waals surface area contributed by atoms with Crippen molar-refractivity contribution < 1.29 is 0 Å². The summed E-state index contributed by atoms with van der Waals surface area (Å²) in [5.41, 5.74) is 2.50. The van der Waals surface area contributed by atoms with Gasteiger partial charge in [0.15, 0.2) is 0 Å². The maximum atomic E-state index is 4.39. The first-order chi connectivity index (χ1) is 9.86. The van der Waals surface area contributed by atoms with Gasteiger partial charge in [0.2, 0.25) is 0 Å². The van der Waals surface area contributed by atoms with Crippen LogP contribution in [0.1, 0.15) is 31.2 Å². The van der Waals surface area contributed by atoms with Crippen LogP contribution in [0.5, 0.6) is 0 Å². The third-order valence-corrected chi connectivity index (χ3v) is 4.78. The lowest BCUT2D eigenvalue weighted by atomic mass is 9.91. The zero-order valence-corrected chi connectivity index (χ0v) is 13.3. The molecule has 0 saturated heterocycles. The number of alkyl halides is 1. The summed E-state index contributed by atoms with van der Waals surface area (Å²) in [6.07, 6.45) is 7.23. The van der Waals surface area contributed by atoms with Crippen molar-refractivity contribution >= 4 is 26.8 Å². The highest BCUT2D eigenvalue weighted by Crippen LogP contribution is 2.27. The molecule has 20 heavy (non-hydrogen) atoms. The van der Waals surface area contributed by atoms with Crippen LogP contribution in [0.4, 0.5) is 0 Å². The minimum Gasteiger partial charge on any atom is -0.296 e. The number of fused-ring (bicyclic) bond motifs is 1. The van der Waals surface area contributed by atoms with Crippen LogP contribution in [0.25, 0.3) is 10.9 Å². The first-order valence-corrected chi connectivity index (χ1v) is 8.62. The standard InChI is InChI=1S/C17H21BrN2/c18-9-3-11-20(16-5-1-6-16)13-14-7-8-17-15(12-14)4-2-10-19-17/h2,4,7-8,10,12,16H,1,3,5-6,9,11,13H2. The first kappa shape index (κ1) is 14.0. The smallest absolute Gasteiger partial charge is 0.0702 e. The number of hydrogen-bond acceptors (Lipinski definition) is 2. The van der Waals surface area contributed by atoms with E-state index in [-0.39, 0.29) is 0 Å². The summed E-state index contributed by atoms with van der Waals surface area (Å²) < 4.78 is 0. The van der Waals surface area contributed by atoms with Crippen molar-refractivity contribution in [2.24, 2.45) is 0 Å². The summed E-state index contributed by atoms with van der Waals surface area (Å²) in [5, 5.41) is 2.34. The molecule has 1 heterocycles. The van der Waals surface area contributed by atoms with Crippen molar-refractivity contribution in [3.63, 3.8) is 0 Å². The molecule has 0 radical (unpaired) electrons. The van der Waals surface area contributed by atoms with Crippen molar-refractivity contribution in [1.29, 1.82) is 0 Å². The van der Waals surface area contributed by atoms with Gasteiger partial charge in [-0.1, -0.05) is 34.5 Å². The van der Waals surface area contributed by atoms with Crippen LogP contribution in [-0.4, -0.2) is 27.8 Å². The second kappa shape index (κ2) is 6.68. The van der Waals surface area contributed by atoms with Gasteiger partial charge >= 0.3 is 0 Å². The number of pyridine rings is 1. The number of aromatic nitrogens is 1. The van der Waals surface area contributed by atoms with E-state index in [1.54, 1.807) is 0 Å². The number of hydrogen-bond donors (Lipinski definition) is 0. The van der Waals surface area contributed by atoms with Crippen LogP contribution in [0.2, 0.25) is 0 Å². The summed E-state index contributed by atoms with van der Waals surface area (Å²) in [5.74, 6) is 0. The van der Waals surface area contributed by atoms with E-state index in [1.807, 2.05) is 12.3 Å². The Morgan fingerprint density at radius 3 is 2.90 bits per heavy atom. The van der Waals surface area contributed by atoms with E-state index >= 15 is 0 Å². The molecular formula is C17H21BrN2. The highest BCUT2D eigenvalue weighted by molar-refractivity contribution is 9.09. The van der Waals surface area contributed by atoms with Gasteiger partial charge in [-0.05, 0) is 49.6 Å². The summed E-state index contributed by atoms with van der Waals surface area (Å²) in [6.45, 7) is 2.27. The van der Waals surface area contributed by atoms with E-state index in [0.29, 0.717) is 0 Å². The zero-order chi connectivity index (χ0) is 13.8. The highest BCUT2D eigenvalue weighted by Gasteiger charge is 2.24. The molecule has 0 unspecified atom stereocenters. The molecule has 1 aromatic carbocycles. The molecule has 1 aromatic heterocycles. The van der Waals surface area contributed by atoms with E-state index < -0.39 is 0 Å². The average molecular weight is 333 g/mol. The molecule has 1 saturated carbocycles. The molecule has 0 bridgehead atoms. The van der Waals surface area contributed by atoms with Crippen molar-refractivity contribution in [3.8, 4) is 0 Å². The molecule has 3 rings (SSSR count). The van der Waals surface area contributed by atoms with Crippen LogP contribution < -0.4 is 0 Å². The summed E-state index contributed by atoms with van der Waals surface area (Å²) in [6, 6.07) is 11.6. The lowest BCUT2D eigenvalue weighted by Gasteiger charge is -2.37. The Bertz CT molecular complexity index is 566. The molecule has 106 valence electrons. The molecule has 0 spiro atoms. The lowest BCUT2D eigenvalue weighted by molar-refractivity contribution is 0.120. The summed E-state index contributed by atoms with van der Waals surface area (Å²) in [4.78, 5) is 7.05. The Balaban J connectivity index is 1.74. The Morgan fingerprint density at radius 1 is 1.25 bits per heavy atom. The molecule has 0 amide bonds. The van der Waals surface area contributed by atoms with E-state index in [9.17, 15) is 0 Å². The third-order valence-electron chi connectivity index (χ3n) is 4.22. The lowest BCUT2D eigenvalue weighted by Crippen LogP contribution is -2.40. The monoisotopic (exact) mass is 332 g/mol. The molecule has 0 aliphatic heterocycles. The van der Waals surface area contributed by atoms with Gasteiger partial charge in [-0.15, -0.1) is 0 Å². The molecule has 0 N–H and O–H groups in total. The SMILES string of the molecule is BrCCCN(Cc1ccc2ncccc2c1)C1CCC1. The molecule has 2 nitrogen and oxygen atoms in total. The molecule has 1 fully saturated rings. The Morgan fingerprint density at radius 2 is 2.15 bits per heavy atom. The van der Waals surface area contributed by atoms with Gasteiger partial charge in [-0.25, -0.2) is 0 Å². The fraction of sp³-hybridized carbons (Fsp3) is 0.471. The minimum atomic E-state index is 0.804. The van der Waals surface area contributed by atoms with Gasteiger partial charge in [-0.2, -0.15) is 0 Å². The third kappa shape index (κ3) is 3.21. The molecule has 0 atom stereocenters. The van der Waals surface area contributed by atoms with Crippen molar-refractivity contribution in [2.75, 3.05) is 11.9 Å². The van der Waals surface area contributed by atoms with Crippen molar-refractivity contribution in [2.45, 2.75) is 38.3 Å². The number of nitrogens with zero attached hydrogens (tertiary/aromatic N) is 2. The van der Waals surface area contributed by atoms with Crippen LogP contribution in [0.15, 0.2) is 36.5 Å². The van der Waals surface area contributed by atoms with Gasteiger partial charge in [-0.3, -0.25) is 9.88 Å². The van der Waals surface area contributed by atoms with Gasteiger partial charge in [0.25, 0.3) is 0 Å². The van der Waals surface area contributed by atoms with Crippen LogP contribution in [0, 0.1) is 0 Å². The Labute approximate surface area is 129 Å². The zero-order valence-electron chi connectivity index (χ0n) is 11.8. The fourth-order valence-electron chi connectivity index (χ4n) is 2.86. The van der Waals surface area contributed by atoms with Crippen molar-refractivity contribution in [3.05, 3.63) is 42.1 Å². The second-order valence-electron chi connectivity index (χ2n) is 5.63. The van der Waals surface area contributed by atoms with Crippen LogP contribution in [-0.2, 0) is 6.54 Å². The molecule has 1 aliphatic carbocycles. The van der Waals surface area contributed by atoms with E-state index in [1.165, 1.54) is 43.2 Å². The maximum Gasteiger partial charge on any atom is 0.0702 e. The van der Waals surface area contributed by atoms with Gasteiger partial charge in [0.05, 0.1) is 5.52 Å². The molecule has 1 aliphatic rings. The van der Waals surface area contributed by atoms with E-state index in [0.717, 1.165) is 23.4 Å². The second-order valence-corrected chi connectivity index (χ2v) is 6.42. The van der Waals surface area contributed by atoms with Crippen molar-refractivity contribution in [1.82, 2.24) is 9.88 Å². The predicted octanol–water partition coefficient (Wildman–Crippen LogP) is 4.37. The average Bonchev–Trinajstić information content (AvgIpc) is 2.43. The van der Waals surface area contributed by atoms with Gasteiger partial charge in [0, 0.05) is 29.5 Å². The largest absolute Gasteiger partial charge is 0.296 e.